The Bertz CT molecular complexity index is 771. The van der Waals surface area contributed by atoms with Crippen molar-refractivity contribution in [1.82, 2.24) is 9.21 Å². The predicted molar refractivity (Wildman–Crippen MR) is 101 cm³/mol. The maximum atomic E-state index is 11.7. The number of piperazine rings is 1. The molecule has 0 bridgehead atoms. The molecule has 0 amide bonds. The van der Waals surface area contributed by atoms with E-state index in [1.54, 1.807) is 11.4 Å². The van der Waals surface area contributed by atoms with Crippen LogP contribution in [-0.4, -0.2) is 63.2 Å². The van der Waals surface area contributed by atoms with Gasteiger partial charge in [-0.3, -0.25) is 4.90 Å². The lowest BCUT2D eigenvalue weighted by Gasteiger charge is -2.43. The second-order valence-corrected chi connectivity index (χ2v) is 9.34. The highest BCUT2D eigenvalue weighted by Gasteiger charge is 2.39. The molecule has 26 heavy (non-hydrogen) atoms. The van der Waals surface area contributed by atoms with E-state index in [1.165, 1.54) is 6.26 Å². The van der Waals surface area contributed by atoms with E-state index < -0.39 is 15.4 Å². The fourth-order valence-electron chi connectivity index (χ4n) is 4.25. The molecule has 2 fully saturated rings. The summed E-state index contributed by atoms with van der Waals surface area (Å²) in [5.74, 6) is 0.788. The van der Waals surface area contributed by atoms with Crippen LogP contribution < -0.4 is 4.74 Å². The van der Waals surface area contributed by atoms with Crippen molar-refractivity contribution < 1.29 is 13.2 Å². The molecule has 3 rings (SSSR count). The summed E-state index contributed by atoms with van der Waals surface area (Å²) in [5.41, 5.74) is 0.597. The van der Waals surface area contributed by atoms with E-state index in [0.717, 1.165) is 50.1 Å². The molecule has 2 aliphatic rings. The van der Waals surface area contributed by atoms with Gasteiger partial charge in [-0.2, -0.15) is 9.57 Å². The van der Waals surface area contributed by atoms with E-state index in [1.807, 2.05) is 24.3 Å². The van der Waals surface area contributed by atoms with Gasteiger partial charge < -0.3 is 4.74 Å². The van der Waals surface area contributed by atoms with Gasteiger partial charge in [-0.05, 0) is 43.4 Å². The van der Waals surface area contributed by atoms with Crippen molar-refractivity contribution in [2.24, 2.45) is 0 Å². The molecule has 1 heterocycles. The Kier molecular flexibility index (Phi) is 5.56. The Hall–Kier alpha value is -1.62. The molecule has 1 aliphatic heterocycles. The van der Waals surface area contributed by atoms with Gasteiger partial charge in [-0.15, -0.1) is 0 Å². The van der Waals surface area contributed by atoms with Crippen LogP contribution >= 0.6 is 0 Å². The van der Waals surface area contributed by atoms with Crippen LogP contribution in [0.2, 0.25) is 0 Å². The standard InChI is InChI=1S/C19H27N3O3S/c1-25-18-5-3-4-16(14-18)19(15-20)8-6-17(7-9-19)21-10-12-22(13-11-21)26(2,23)24/h3-5,14,17H,6-13H2,1-2H3/t17-,19-. The lowest BCUT2D eigenvalue weighted by atomic mass is 9.69. The molecule has 1 saturated carbocycles. The van der Waals surface area contributed by atoms with Crippen LogP contribution in [0.25, 0.3) is 0 Å². The molecule has 0 spiro atoms. The first kappa shape index (κ1) is 19.2. The third-order valence-electron chi connectivity index (χ3n) is 5.90. The van der Waals surface area contributed by atoms with Gasteiger partial charge in [-0.1, -0.05) is 12.1 Å². The fraction of sp³-hybridized carbons (Fsp3) is 0.632. The zero-order chi connectivity index (χ0) is 18.8. The summed E-state index contributed by atoms with van der Waals surface area (Å²) >= 11 is 0. The van der Waals surface area contributed by atoms with Crippen molar-refractivity contribution in [1.29, 1.82) is 5.26 Å². The Morgan fingerprint density at radius 1 is 1.19 bits per heavy atom. The largest absolute Gasteiger partial charge is 0.497 e. The third-order valence-corrected chi connectivity index (χ3v) is 7.21. The predicted octanol–water partition coefficient (Wildman–Crippen LogP) is 1.98. The van der Waals surface area contributed by atoms with Gasteiger partial charge in [-0.25, -0.2) is 8.42 Å². The molecule has 0 radical (unpaired) electrons. The van der Waals surface area contributed by atoms with Crippen molar-refractivity contribution in [3.8, 4) is 11.8 Å². The first-order chi connectivity index (χ1) is 12.4. The number of benzene rings is 1. The van der Waals surface area contributed by atoms with E-state index in [2.05, 4.69) is 11.0 Å². The lowest BCUT2D eigenvalue weighted by molar-refractivity contribution is 0.0991. The Morgan fingerprint density at radius 2 is 1.85 bits per heavy atom. The molecular weight excluding hydrogens is 350 g/mol. The van der Waals surface area contributed by atoms with Crippen LogP contribution in [0, 0.1) is 11.3 Å². The van der Waals surface area contributed by atoms with E-state index in [4.69, 9.17) is 4.74 Å². The van der Waals surface area contributed by atoms with Crippen LogP contribution in [0.4, 0.5) is 0 Å². The zero-order valence-electron chi connectivity index (χ0n) is 15.5. The van der Waals surface area contributed by atoms with Crippen LogP contribution in [0.15, 0.2) is 24.3 Å². The van der Waals surface area contributed by atoms with Crippen molar-refractivity contribution in [2.45, 2.75) is 37.1 Å². The summed E-state index contributed by atoms with van der Waals surface area (Å²) in [6.07, 6.45) is 4.85. The highest BCUT2D eigenvalue weighted by molar-refractivity contribution is 7.88. The van der Waals surface area contributed by atoms with E-state index in [9.17, 15) is 13.7 Å². The molecule has 0 aromatic heterocycles. The minimum Gasteiger partial charge on any atom is -0.497 e. The Balaban J connectivity index is 1.64. The highest BCUT2D eigenvalue weighted by Crippen LogP contribution is 2.41. The molecule has 1 saturated heterocycles. The SMILES string of the molecule is COc1cccc([C@]2(C#N)CC[C@@H](N3CCN(S(C)(=O)=O)CC3)CC2)c1. The number of rotatable bonds is 4. The molecule has 142 valence electrons. The molecule has 0 atom stereocenters. The Labute approximate surface area is 156 Å². The van der Waals surface area contributed by atoms with Gasteiger partial charge in [0.25, 0.3) is 0 Å². The number of methoxy groups -OCH3 is 1. The molecule has 1 aliphatic carbocycles. The molecule has 1 aromatic carbocycles. The van der Waals surface area contributed by atoms with Crippen LogP contribution in [0.5, 0.6) is 5.75 Å². The molecular formula is C19H27N3O3S. The molecule has 0 N–H and O–H groups in total. The lowest BCUT2D eigenvalue weighted by Crippen LogP contribution is -2.53. The van der Waals surface area contributed by atoms with Crippen molar-refractivity contribution >= 4 is 10.0 Å². The van der Waals surface area contributed by atoms with Gasteiger partial charge in [0.2, 0.25) is 10.0 Å². The maximum absolute atomic E-state index is 11.7. The molecule has 6 nitrogen and oxygen atoms in total. The molecule has 7 heteroatoms. The van der Waals surface area contributed by atoms with Gasteiger partial charge in [0.1, 0.15) is 5.75 Å². The first-order valence-corrected chi connectivity index (χ1v) is 11.0. The molecule has 0 unspecified atom stereocenters. The average Bonchev–Trinajstić information content (AvgIpc) is 2.67. The average molecular weight is 378 g/mol. The van der Waals surface area contributed by atoms with Crippen molar-refractivity contribution in [3.05, 3.63) is 29.8 Å². The van der Waals surface area contributed by atoms with Crippen molar-refractivity contribution in [2.75, 3.05) is 39.5 Å². The minimum absolute atomic E-state index is 0.434. The number of ether oxygens (including phenoxy) is 1. The first-order valence-electron chi connectivity index (χ1n) is 9.13. The minimum atomic E-state index is -3.09. The summed E-state index contributed by atoms with van der Waals surface area (Å²) in [6, 6.07) is 10.9. The van der Waals surface area contributed by atoms with E-state index in [0.29, 0.717) is 19.1 Å². The number of hydrogen-bond acceptors (Lipinski definition) is 5. The number of nitrogens with zero attached hydrogens (tertiary/aromatic N) is 3. The van der Waals surface area contributed by atoms with Crippen LogP contribution in [0.1, 0.15) is 31.2 Å². The second-order valence-electron chi connectivity index (χ2n) is 7.36. The quantitative estimate of drug-likeness (QED) is 0.802. The van der Waals surface area contributed by atoms with E-state index in [-0.39, 0.29) is 0 Å². The second kappa shape index (κ2) is 7.55. The van der Waals surface area contributed by atoms with Crippen LogP contribution in [0.3, 0.4) is 0 Å². The number of nitriles is 1. The maximum Gasteiger partial charge on any atom is 0.211 e. The summed E-state index contributed by atoms with van der Waals surface area (Å²) in [6.45, 7) is 2.68. The number of sulfonamides is 1. The normalized spacial score (nSPS) is 28.4. The van der Waals surface area contributed by atoms with Gasteiger partial charge >= 0.3 is 0 Å². The summed E-state index contributed by atoms with van der Waals surface area (Å²) < 4.78 is 30.2. The number of hydrogen-bond donors (Lipinski definition) is 0. The summed E-state index contributed by atoms with van der Waals surface area (Å²) in [7, 11) is -1.45. The van der Waals surface area contributed by atoms with E-state index >= 15 is 0 Å². The topological polar surface area (TPSA) is 73.6 Å². The summed E-state index contributed by atoms with van der Waals surface area (Å²) in [4.78, 5) is 2.40. The Morgan fingerprint density at radius 3 is 2.38 bits per heavy atom. The monoisotopic (exact) mass is 377 g/mol. The van der Waals surface area contributed by atoms with Gasteiger partial charge in [0.05, 0.1) is 24.8 Å². The summed E-state index contributed by atoms with van der Waals surface area (Å²) in [5, 5.41) is 9.90. The van der Waals surface area contributed by atoms with Gasteiger partial charge in [0.15, 0.2) is 0 Å². The zero-order valence-corrected chi connectivity index (χ0v) is 16.3. The molecule has 1 aromatic rings. The third kappa shape index (κ3) is 3.88. The van der Waals surface area contributed by atoms with Crippen LogP contribution in [-0.2, 0) is 15.4 Å². The van der Waals surface area contributed by atoms with Crippen molar-refractivity contribution in [3.63, 3.8) is 0 Å². The van der Waals surface area contributed by atoms with Gasteiger partial charge in [0, 0.05) is 32.2 Å². The fourth-order valence-corrected chi connectivity index (χ4v) is 5.07. The highest BCUT2D eigenvalue weighted by atomic mass is 32.2. The smallest absolute Gasteiger partial charge is 0.211 e.